The monoisotopic (exact) mass is 194 g/mol. The first-order valence-corrected chi connectivity index (χ1v) is 5.51. The van der Waals surface area contributed by atoms with Gasteiger partial charge in [-0.3, -0.25) is 5.84 Å². The van der Waals surface area contributed by atoms with Crippen LogP contribution >= 0.6 is 0 Å². The predicted molar refractivity (Wildman–Crippen MR) is 48.0 cm³/mol. The molecule has 0 aliphatic heterocycles. The van der Waals surface area contributed by atoms with Gasteiger partial charge in [0.15, 0.2) is 0 Å². The Hall–Kier alpha value is 0.0169. The third-order valence-corrected chi connectivity index (χ3v) is 4.06. The maximum Gasteiger partial charge on any atom is 0.612 e. The normalized spacial score (nSPS) is 12.5. The smallest absolute Gasteiger partial charge is 0.364 e. The Labute approximate surface area is 74.8 Å². The summed E-state index contributed by atoms with van der Waals surface area (Å²) in [6.45, 7) is 2.72. The van der Waals surface area contributed by atoms with Crippen LogP contribution in [0.15, 0.2) is 0 Å². The van der Waals surface area contributed by atoms with E-state index in [-0.39, 0.29) is 0 Å². The van der Waals surface area contributed by atoms with Gasteiger partial charge in [0.1, 0.15) is 0 Å². The SMILES string of the molecule is CCCN(N)[Si](OC)(OC)OC. The Morgan fingerprint density at radius 2 is 1.58 bits per heavy atom. The Kier molecular flexibility index (Phi) is 5.63. The van der Waals surface area contributed by atoms with Crippen LogP contribution in [0, 0.1) is 0 Å². The van der Waals surface area contributed by atoms with Crippen LogP contribution in [0.5, 0.6) is 0 Å². The molecule has 0 radical (unpaired) electrons. The average molecular weight is 194 g/mol. The molecule has 0 atom stereocenters. The average Bonchev–Trinajstić information content (AvgIpc) is 2.09. The molecule has 12 heavy (non-hydrogen) atoms. The van der Waals surface area contributed by atoms with Gasteiger partial charge in [0, 0.05) is 27.9 Å². The highest BCUT2D eigenvalue weighted by atomic mass is 28.4. The van der Waals surface area contributed by atoms with Crippen molar-refractivity contribution in [3.63, 3.8) is 0 Å². The number of rotatable bonds is 6. The molecule has 0 rings (SSSR count). The zero-order valence-corrected chi connectivity index (χ0v) is 9.16. The molecule has 0 saturated heterocycles. The van der Waals surface area contributed by atoms with Crippen LogP contribution < -0.4 is 5.84 Å². The Bertz CT molecular complexity index is 113. The summed E-state index contributed by atoms with van der Waals surface area (Å²) in [6, 6.07) is 0. The van der Waals surface area contributed by atoms with E-state index >= 15 is 0 Å². The molecular formula is C6H18N2O3Si. The number of hydrogen-bond donors (Lipinski definition) is 1. The fourth-order valence-electron chi connectivity index (χ4n) is 0.980. The lowest BCUT2D eigenvalue weighted by Gasteiger charge is -2.31. The van der Waals surface area contributed by atoms with E-state index in [1.165, 1.54) is 26.0 Å². The third kappa shape index (κ3) is 2.51. The molecule has 0 aromatic heterocycles. The molecule has 2 N–H and O–H groups in total. The van der Waals surface area contributed by atoms with E-state index in [2.05, 4.69) is 0 Å². The Balaban J connectivity index is 4.24. The lowest BCUT2D eigenvalue weighted by Crippen LogP contribution is -2.62. The summed E-state index contributed by atoms with van der Waals surface area (Å²) < 4.78 is 16.9. The second-order valence-corrected chi connectivity index (χ2v) is 5.18. The maximum absolute atomic E-state index is 5.72. The van der Waals surface area contributed by atoms with Gasteiger partial charge in [-0.2, -0.15) is 4.67 Å². The zero-order chi connectivity index (χ0) is 9.61. The van der Waals surface area contributed by atoms with Gasteiger partial charge in [-0.05, 0) is 6.42 Å². The third-order valence-electron chi connectivity index (χ3n) is 1.59. The van der Waals surface area contributed by atoms with E-state index < -0.39 is 8.97 Å². The van der Waals surface area contributed by atoms with Gasteiger partial charge in [-0.15, -0.1) is 0 Å². The molecule has 0 unspecified atom stereocenters. The van der Waals surface area contributed by atoms with Crippen molar-refractivity contribution in [2.75, 3.05) is 27.9 Å². The first-order chi connectivity index (χ1) is 5.66. The molecule has 74 valence electrons. The maximum atomic E-state index is 5.72. The van der Waals surface area contributed by atoms with E-state index in [0.29, 0.717) is 6.54 Å². The van der Waals surface area contributed by atoms with Crippen LogP contribution in [0.4, 0.5) is 0 Å². The van der Waals surface area contributed by atoms with E-state index in [1.54, 1.807) is 0 Å². The minimum Gasteiger partial charge on any atom is -0.364 e. The topological polar surface area (TPSA) is 57.0 Å². The molecule has 0 bridgehead atoms. The van der Waals surface area contributed by atoms with Gasteiger partial charge < -0.3 is 13.3 Å². The molecule has 6 heteroatoms. The summed E-state index contributed by atoms with van der Waals surface area (Å²) in [5.74, 6) is 5.72. The van der Waals surface area contributed by atoms with Crippen molar-refractivity contribution in [3.05, 3.63) is 0 Å². The summed E-state index contributed by atoms with van der Waals surface area (Å²) in [5.41, 5.74) is 0. The van der Waals surface area contributed by atoms with E-state index in [0.717, 1.165) is 6.42 Å². The Morgan fingerprint density at radius 3 is 1.83 bits per heavy atom. The van der Waals surface area contributed by atoms with E-state index in [1.807, 2.05) is 6.92 Å². The molecule has 0 fully saturated rings. The van der Waals surface area contributed by atoms with Crippen LogP contribution in [0.1, 0.15) is 13.3 Å². The van der Waals surface area contributed by atoms with E-state index in [9.17, 15) is 0 Å². The molecule has 0 aliphatic rings. The molecule has 0 aromatic carbocycles. The van der Waals surface area contributed by atoms with Crippen LogP contribution in [-0.2, 0) is 13.3 Å². The largest absolute Gasteiger partial charge is 0.612 e. The lowest BCUT2D eigenvalue weighted by atomic mass is 10.5. The summed E-state index contributed by atoms with van der Waals surface area (Å²) in [5, 5.41) is 0. The van der Waals surface area contributed by atoms with Crippen molar-refractivity contribution in [1.82, 2.24) is 4.67 Å². The molecular weight excluding hydrogens is 176 g/mol. The van der Waals surface area contributed by atoms with Gasteiger partial charge in [-0.1, -0.05) is 6.92 Å². The second-order valence-electron chi connectivity index (χ2n) is 2.33. The molecule has 0 spiro atoms. The minimum atomic E-state index is -2.73. The number of hydrogen-bond acceptors (Lipinski definition) is 5. The first kappa shape index (κ1) is 12.0. The number of hydrazine groups is 1. The number of nitrogens with two attached hydrogens (primary N) is 1. The molecule has 0 aliphatic carbocycles. The van der Waals surface area contributed by atoms with E-state index in [4.69, 9.17) is 19.1 Å². The predicted octanol–water partition coefficient (Wildman–Crippen LogP) is -0.0531. The summed E-state index contributed by atoms with van der Waals surface area (Å²) in [4.78, 5) is 0. The second kappa shape index (κ2) is 5.63. The molecule has 0 amide bonds. The summed E-state index contributed by atoms with van der Waals surface area (Å²) >= 11 is 0. The highest BCUT2D eigenvalue weighted by Gasteiger charge is 2.44. The summed E-state index contributed by atoms with van der Waals surface area (Å²) in [6.07, 6.45) is 0.932. The van der Waals surface area contributed by atoms with Crippen molar-refractivity contribution in [1.29, 1.82) is 0 Å². The van der Waals surface area contributed by atoms with Crippen molar-refractivity contribution in [3.8, 4) is 0 Å². The number of nitrogens with zero attached hydrogens (tertiary/aromatic N) is 1. The Morgan fingerprint density at radius 1 is 1.17 bits per heavy atom. The van der Waals surface area contributed by atoms with Crippen LogP contribution in [0.3, 0.4) is 0 Å². The fraction of sp³-hybridized carbons (Fsp3) is 1.00. The lowest BCUT2D eigenvalue weighted by molar-refractivity contribution is 0.0571. The van der Waals surface area contributed by atoms with Crippen LogP contribution in [0.25, 0.3) is 0 Å². The van der Waals surface area contributed by atoms with Crippen LogP contribution in [0.2, 0.25) is 0 Å². The quantitative estimate of drug-likeness (QED) is 0.365. The minimum absolute atomic E-state index is 0.696. The van der Waals surface area contributed by atoms with Gasteiger partial charge >= 0.3 is 8.97 Å². The van der Waals surface area contributed by atoms with Crippen molar-refractivity contribution in [2.45, 2.75) is 13.3 Å². The zero-order valence-electron chi connectivity index (χ0n) is 8.16. The highest BCUT2D eigenvalue weighted by Crippen LogP contribution is 2.08. The van der Waals surface area contributed by atoms with Crippen molar-refractivity contribution in [2.24, 2.45) is 5.84 Å². The first-order valence-electron chi connectivity index (χ1n) is 3.84. The van der Waals surface area contributed by atoms with Crippen molar-refractivity contribution >= 4 is 8.97 Å². The van der Waals surface area contributed by atoms with Crippen molar-refractivity contribution < 1.29 is 13.3 Å². The molecule has 0 heterocycles. The van der Waals surface area contributed by atoms with Gasteiger partial charge in [0.25, 0.3) is 0 Å². The molecule has 5 nitrogen and oxygen atoms in total. The molecule has 0 saturated carbocycles. The van der Waals surface area contributed by atoms with Gasteiger partial charge in [-0.25, -0.2) is 0 Å². The van der Waals surface area contributed by atoms with Gasteiger partial charge in [0.2, 0.25) is 0 Å². The molecule has 0 aromatic rings. The standard InChI is InChI=1S/C6H18N2O3Si/c1-5-6-8(7)12(9-2,10-3)11-4/h5-7H2,1-4H3. The fourth-order valence-corrected chi connectivity index (χ4v) is 2.68. The van der Waals surface area contributed by atoms with Gasteiger partial charge in [0.05, 0.1) is 0 Å². The van der Waals surface area contributed by atoms with Crippen LogP contribution in [-0.4, -0.2) is 41.5 Å². The highest BCUT2D eigenvalue weighted by molar-refractivity contribution is 6.57. The summed E-state index contributed by atoms with van der Waals surface area (Å²) in [7, 11) is 1.88.